The van der Waals surface area contributed by atoms with Gasteiger partial charge in [0.05, 0.1) is 0 Å². The Labute approximate surface area is 73.4 Å². The van der Waals surface area contributed by atoms with Crippen LogP contribution in [0.5, 0.6) is 0 Å². The Bertz CT molecular complexity index is 159. The van der Waals surface area contributed by atoms with E-state index >= 15 is 0 Å². The molecule has 1 fully saturated rings. The van der Waals surface area contributed by atoms with Gasteiger partial charge in [0.15, 0.2) is 0 Å². The van der Waals surface area contributed by atoms with Crippen molar-refractivity contribution in [1.82, 2.24) is 4.90 Å². The van der Waals surface area contributed by atoms with E-state index < -0.39 is 6.23 Å². The molecule has 0 aromatic rings. The van der Waals surface area contributed by atoms with Crippen LogP contribution in [0.2, 0.25) is 0 Å². The van der Waals surface area contributed by atoms with E-state index in [1.807, 2.05) is 0 Å². The second-order valence-electron chi connectivity index (χ2n) is 3.31. The van der Waals surface area contributed by atoms with Crippen LogP contribution in [0.25, 0.3) is 0 Å². The van der Waals surface area contributed by atoms with Gasteiger partial charge in [0.25, 0.3) is 0 Å². The van der Waals surface area contributed by atoms with Crippen molar-refractivity contribution in [3.63, 3.8) is 0 Å². The number of aliphatic hydroxyl groups is 1. The van der Waals surface area contributed by atoms with E-state index in [0.717, 1.165) is 32.2 Å². The topological polar surface area (TPSA) is 40.5 Å². The molecular weight excluding hydrogens is 154 g/mol. The van der Waals surface area contributed by atoms with Crippen LogP contribution in [0, 0.1) is 0 Å². The van der Waals surface area contributed by atoms with Crippen LogP contribution in [0.1, 0.15) is 39.0 Å². The van der Waals surface area contributed by atoms with Gasteiger partial charge in [-0.15, -0.1) is 0 Å². The molecule has 1 aliphatic rings. The molecule has 1 rings (SSSR count). The monoisotopic (exact) mass is 171 g/mol. The predicted molar refractivity (Wildman–Crippen MR) is 46.5 cm³/mol. The molecule has 0 aromatic heterocycles. The summed E-state index contributed by atoms with van der Waals surface area (Å²) in [6.07, 6.45) is 3.75. The highest BCUT2D eigenvalue weighted by Gasteiger charge is 2.25. The first-order valence-corrected chi connectivity index (χ1v) is 4.73. The fraction of sp³-hybridized carbons (Fsp3) is 0.889. The molecule has 0 aliphatic carbocycles. The molecule has 0 radical (unpaired) electrons. The fourth-order valence-corrected chi connectivity index (χ4v) is 1.51. The van der Waals surface area contributed by atoms with Crippen molar-refractivity contribution in [2.24, 2.45) is 0 Å². The number of nitrogens with zero attached hydrogens (tertiary/aromatic N) is 1. The summed E-state index contributed by atoms with van der Waals surface area (Å²) in [4.78, 5) is 13.0. The van der Waals surface area contributed by atoms with E-state index in [9.17, 15) is 9.90 Å². The molecule has 70 valence electrons. The predicted octanol–water partition coefficient (Wildman–Crippen LogP) is 1.12. The third kappa shape index (κ3) is 2.21. The second-order valence-corrected chi connectivity index (χ2v) is 3.31. The van der Waals surface area contributed by atoms with Crippen LogP contribution < -0.4 is 0 Å². The van der Waals surface area contributed by atoms with Crippen molar-refractivity contribution in [2.45, 2.75) is 45.3 Å². The number of rotatable bonds is 3. The van der Waals surface area contributed by atoms with Gasteiger partial charge >= 0.3 is 0 Å². The Morgan fingerprint density at radius 2 is 2.42 bits per heavy atom. The molecule has 0 aromatic carbocycles. The average molecular weight is 171 g/mol. The summed E-state index contributed by atoms with van der Waals surface area (Å²) < 4.78 is 0. The smallest absolute Gasteiger partial charge is 0.224 e. The van der Waals surface area contributed by atoms with Crippen LogP contribution in [0.4, 0.5) is 0 Å². The number of aliphatic hydroxyl groups excluding tert-OH is 1. The Morgan fingerprint density at radius 1 is 1.67 bits per heavy atom. The summed E-state index contributed by atoms with van der Waals surface area (Å²) in [5.74, 6) is 0.113. The minimum absolute atomic E-state index is 0.113. The second kappa shape index (κ2) is 4.45. The zero-order valence-electron chi connectivity index (χ0n) is 7.62. The molecule has 3 nitrogen and oxygen atoms in total. The normalized spacial score (nSPS) is 23.2. The average Bonchev–Trinajstić information content (AvgIpc) is 2.47. The van der Waals surface area contributed by atoms with E-state index in [1.165, 1.54) is 0 Å². The molecule has 1 atom stereocenters. The third-order valence-electron chi connectivity index (χ3n) is 2.29. The number of amides is 1. The van der Waals surface area contributed by atoms with Gasteiger partial charge in [0.1, 0.15) is 6.23 Å². The highest BCUT2D eigenvalue weighted by Crippen LogP contribution is 2.16. The third-order valence-corrected chi connectivity index (χ3v) is 2.29. The van der Waals surface area contributed by atoms with Crippen LogP contribution in [0.15, 0.2) is 0 Å². The van der Waals surface area contributed by atoms with Crippen LogP contribution in [-0.4, -0.2) is 28.7 Å². The molecule has 3 heteroatoms. The minimum atomic E-state index is -0.505. The first-order chi connectivity index (χ1) is 5.75. The summed E-state index contributed by atoms with van der Waals surface area (Å²) in [6.45, 7) is 2.80. The summed E-state index contributed by atoms with van der Waals surface area (Å²) >= 11 is 0. The number of hydrogen-bond donors (Lipinski definition) is 1. The molecule has 1 heterocycles. The molecule has 0 saturated carbocycles. The highest BCUT2D eigenvalue weighted by atomic mass is 16.3. The quantitative estimate of drug-likeness (QED) is 0.691. The maximum absolute atomic E-state index is 11.4. The van der Waals surface area contributed by atoms with Gasteiger partial charge in [-0.3, -0.25) is 4.79 Å². The lowest BCUT2D eigenvalue weighted by atomic mass is 10.2. The van der Waals surface area contributed by atoms with E-state index in [1.54, 1.807) is 4.90 Å². The van der Waals surface area contributed by atoms with Crippen molar-refractivity contribution < 1.29 is 9.90 Å². The van der Waals surface area contributed by atoms with Gasteiger partial charge < -0.3 is 10.0 Å². The molecule has 12 heavy (non-hydrogen) atoms. The maximum atomic E-state index is 11.4. The van der Waals surface area contributed by atoms with Crippen molar-refractivity contribution >= 4 is 5.91 Å². The first-order valence-electron chi connectivity index (χ1n) is 4.73. The number of carbonyl (C=O) groups is 1. The number of likely N-dealkylation sites (tertiary alicyclic amines) is 1. The minimum Gasteiger partial charge on any atom is -0.374 e. The Balaban J connectivity index is 2.30. The van der Waals surface area contributed by atoms with Gasteiger partial charge in [-0.2, -0.15) is 0 Å². The Kier molecular flexibility index (Phi) is 3.53. The zero-order chi connectivity index (χ0) is 8.97. The molecule has 0 spiro atoms. The molecule has 1 amide bonds. The number of hydrogen-bond acceptors (Lipinski definition) is 2. The largest absolute Gasteiger partial charge is 0.374 e. The van der Waals surface area contributed by atoms with E-state index in [-0.39, 0.29) is 5.91 Å². The Hall–Kier alpha value is -0.570. The van der Waals surface area contributed by atoms with Crippen LogP contribution in [-0.2, 0) is 4.79 Å². The van der Waals surface area contributed by atoms with Crippen molar-refractivity contribution in [2.75, 3.05) is 6.54 Å². The molecular formula is C9H17NO2. The lowest BCUT2D eigenvalue weighted by Crippen LogP contribution is -2.34. The fourth-order valence-electron chi connectivity index (χ4n) is 1.51. The van der Waals surface area contributed by atoms with Crippen molar-refractivity contribution in [3.8, 4) is 0 Å². The first kappa shape index (κ1) is 9.52. The number of unbranched alkanes of at least 4 members (excludes halogenated alkanes) is 1. The standard InChI is InChI=1S/C9H17NO2/c1-2-3-5-8(11)10-7-4-6-9(10)12/h9,12H,2-7H2,1H3. The van der Waals surface area contributed by atoms with Gasteiger partial charge in [-0.25, -0.2) is 0 Å². The van der Waals surface area contributed by atoms with Crippen molar-refractivity contribution in [1.29, 1.82) is 0 Å². The molecule has 1 unspecified atom stereocenters. The van der Waals surface area contributed by atoms with Crippen LogP contribution in [0.3, 0.4) is 0 Å². The molecule has 1 aliphatic heterocycles. The maximum Gasteiger partial charge on any atom is 0.224 e. The van der Waals surface area contributed by atoms with Gasteiger partial charge in [0, 0.05) is 13.0 Å². The summed E-state index contributed by atoms with van der Waals surface area (Å²) in [5.41, 5.74) is 0. The zero-order valence-corrected chi connectivity index (χ0v) is 7.62. The van der Waals surface area contributed by atoms with Crippen molar-refractivity contribution in [3.05, 3.63) is 0 Å². The summed E-state index contributed by atoms with van der Waals surface area (Å²) in [6, 6.07) is 0. The summed E-state index contributed by atoms with van der Waals surface area (Å²) in [7, 11) is 0. The highest BCUT2D eigenvalue weighted by molar-refractivity contribution is 5.76. The SMILES string of the molecule is CCCCC(=O)N1CCCC1O. The van der Waals surface area contributed by atoms with Crippen LogP contribution >= 0.6 is 0 Å². The molecule has 0 bridgehead atoms. The van der Waals surface area contributed by atoms with E-state index in [4.69, 9.17) is 0 Å². The van der Waals surface area contributed by atoms with Gasteiger partial charge in [0.2, 0.25) is 5.91 Å². The summed E-state index contributed by atoms with van der Waals surface area (Å²) in [5, 5.41) is 9.36. The molecule has 1 saturated heterocycles. The van der Waals surface area contributed by atoms with E-state index in [0.29, 0.717) is 6.42 Å². The van der Waals surface area contributed by atoms with Gasteiger partial charge in [-0.1, -0.05) is 13.3 Å². The lowest BCUT2D eigenvalue weighted by molar-refractivity contribution is -0.138. The molecule has 1 N–H and O–H groups in total. The Morgan fingerprint density at radius 3 is 2.92 bits per heavy atom. The number of carbonyl (C=O) groups excluding carboxylic acids is 1. The lowest BCUT2D eigenvalue weighted by Gasteiger charge is -2.19. The van der Waals surface area contributed by atoms with Gasteiger partial charge in [-0.05, 0) is 19.3 Å². The van der Waals surface area contributed by atoms with E-state index in [2.05, 4.69) is 6.92 Å².